The number of carbonyl (C=O) groups is 1. The lowest BCUT2D eigenvalue weighted by molar-refractivity contribution is -0.124. The van der Waals surface area contributed by atoms with Gasteiger partial charge in [0.15, 0.2) is 6.61 Å². The van der Waals surface area contributed by atoms with Crippen LogP contribution in [0.15, 0.2) is 42.5 Å². The van der Waals surface area contributed by atoms with Crippen LogP contribution in [0, 0.1) is 0 Å². The lowest BCUT2D eigenvalue weighted by Crippen LogP contribution is -2.47. The van der Waals surface area contributed by atoms with Crippen molar-refractivity contribution in [3.05, 3.63) is 42.5 Å². The molecule has 1 amide bonds. The molecule has 2 atom stereocenters. The maximum Gasteiger partial charge on any atom is 0.258 e. The van der Waals surface area contributed by atoms with E-state index in [2.05, 4.69) is 23.6 Å². The number of ether oxygens (including phenoxy) is 1. The van der Waals surface area contributed by atoms with Gasteiger partial charge in [0.1, 0.15) is 5.75 Å². The number of rotatable bonds is 4. The number of carbonyl (C=O) groups excluding carboxylic acids is 1. The molecule has 2 aromatic rings. The zero-order valence-corrected chi connectivity index (χ0v) is 14.1. The van der Waals surface area contributed by atoms with Crippen molar-refractivity contribution in [3.8, 4) is 5.75 Å². The summed E-state index contributed by atoms with van der Waals surface area (Å²) < 4.78 is 5.62. The fourth-order valence-electron chi connectivity index (χ4n) is 2.94. The van der Waals surface area contributed by atoms with E-state index >= 15 is 0 Å². The molecule has 2 N–H and O–H groups in total. The average molecular weight is 335 g/mol. The first kappa shape index (κ1) is 17.6. The molecule has 1 heterocycles. The SMILES string of the molecule is CC1CC(NC(=O)COc2ccc3ccccc3c2)CCN1.Cl. The van der Waals surface area contributed by atoms with Crippen molar-refractivity contribution in [1.82, 2.24) is 10.6 Å². The normalized spacial score (nSPS) is 20.6. The molecule has 5 heteroatoms. The Morgan fingerprint density at radius 3 is 2.83 bits per heavy atom. The minimum Gasteiger partial charge on any atom is -0.484 e. The van der Waals surface area contributed by atoms with E-state index in [1.807, 2.05) is 36.4 Å². The fourth-order valence-corrected chi connectivity index (χ4v) is 2.94. The molecular weight excluding hydrogens is 312 g/mol. The van der Waals surface area contributed by atoms with Crippen LogP contribution in [0.1, 0.15) is 19.8 Å². The van der Waals surface area contributed by atoms with Crippen molar-refractivity contribution >= 4 is 29.1 Å². The van der Waals surface area contributed by atoms with Crippen LogP contribution >= 0.6 is 12.4 Å². The molecule has 0 radical (unpaired) electrons. The third-order valence-electron chi connectivity index (χ3n) is 4.08. The van der Waals surface area contributed by atoms with E-state index in [1.165, 1.54) is 5.39 Å². The molecule has 3 rings (SSSR count). The Bertz CT molecular complexity index is 662. The van der Waals surface area contributed by atoms with Crippen LogP contribution in [0.3, 0.4) is 0 Å². The predicted octanol–water partition coefficient (Wildman–Crippen LogP) is 2.90. The molecule has 0 aromatic heterocycles. The summed E-state index contributed by atoms with van der Waals surface area (Å²) in [5, 5.41) is 8.72. The van der Waals surface area contributed by atoms with Gasteiger partial charge in [-0.3, -0.25) is 4.79 Å². The van der Waals surface area contributed by atoms with Crippen LogP contribution in [-0.2, 0) is 4.79 Å². The summed E-state index contributed by atoms with van der Waals surface area (Å²) in [5.74, 6) is 0.680. The molecule has 124 valence electrons. The number of nitrogens with one attached hydrogen (secondary N) is 2. The monoisotopic (exact) mass is 334 g/mol. The van der Waals surface area contributed by atoms with Gasteiger partial charge in [-0.05, 0) is 49.2 Å². The van der Waals surface area contributed by atoms with Gasteiger partial charge in [-0.2, -0.15) is 0 Å². The highest BCUT2D eigenvalue weighted by molar-refractivity contribution is 5.85. The Kier molecular flexibility index (Phi) is 6.25. The van der Waals surface area contributed by atoms with E-state index in [9.17, 15) is 4.79 Å². The third kappa shape index (κ3) is 4.85. The van der Waals surface area contributed by atoms with Crippen molar-refractivity contribution in [2.75, 3.05) is 13.2 Å². The number of hydrogen-bond acceptors (Lipinski definition) is 3. The number of benzene rings is 2. The Morgan fingerprint density at radius 2 is 2.04 bits per heavy atom. The van der Waals surface area contributed by atoms with E-state index in [-0.39, 0.29) is 31.0 Å². The molecule has 1 aliphatic heterocycles. The van der Waals surface area contributed by atoms with Gasteiger partial charge in [0.2, 0.25) is 0 Å². The van der Waals surface area contributed by atoms with Crippen molar-refractivity contribution in [2.24, 2.45) is 0 Å². The number of piperidine rings is 1. The molecule has 0 aliphatic carbocycles. The van der Waals surface area contributed by atoms with E-state index in [4.69, 9.17) is 4.74 Å². The second-order valence-corrected chi connectivity index (χ2v) is 5.94. The summed E-state index contributed by atoms with van der Waals surface area (Å²) >= 11 is 0. The minimum absolute atomic E-state index is 0. The van der Waals surface area contributed by atoms with Crippen LogP contribution in [0.5, 0.6) is 5.75 Å². The lowest BCUT2D eigenvalue weighted by atomic mass is 10.0. The highest BCUT2D eigenvalue weighted by Crippen LogP contribution is 2.20. The second-order valence-electron chi connectivity index (χ2n) is 5.94. The molecular formula is C18H23ClN2O2. The molecule has 23 heavy (non-hydrogen) atoms. The highest BCUT2D eigenvalue weighted by Gasteiger charge is 2.19. The van der Waals surface area contributed by atoms with Crippen molar-refractivity contribution in [1.29, 1.82) is 0 Å². The smallest absolute Gasteiger partial charge is 0.258 e. The van der Waals surface area contributed by atoms with Gasteiger partial charge in [-0.1, -0.05) is 30.3 Å². The Morgan fingerprint density at radius 1 is 1.26 bits per heavy atom. The van der Waals surface area contributed by atoms with Gasteiger partial charge in [-0.25, -0.2) is 0 Å². The molecule has 1 saturated heterocycles. The molecule has 0 spiro atoms. The van der Waals surface area contributed by atoms with Crippen molar-refractivity contribution in [2.45, 2.75) is 31.8 Å². The molecule has 0 saturated carbocycles. The summed E-state index contributed by atoms with van der Waals surface area (Å²) in [5.41, 5.74) is 0. The van der Waals surface area contributed by atoms with E-state index in [0.29, 0.717) is 6.04 Å². The van der Waals surface area contributed by atoms with E-state index < -0.39 is 0 Å². The summed E-state index contributed by atoms with van der Waals surface area (Å²) in [6.45, 7) is 3.16. The number of halogens is 1. The van der Waals surface area contributed by atoms with Crippen LogP contribution in [0.2, 0.25) is 0 Å². The largest absolute Gasteiger partial charge is 0.484 e. The van der Waals surface area contributed by atoms with Gasteiger partial charge in [0, 0.05) is 12.1 Å². The number of amides is 1. The van der Waals surface area contributed by atoms with Crippen molar-refractivity contribution < 1.29 is 9.53 Å². The second kappa shape index (κ2) is 8.18. The maximum absolute atomic E-state index is 12.0. The third-order valence-corrected chi connectivity index (χ3v) is 4.08. The summed E-state index contributed by atoms with van der Waals surface area (Å²) in [7, 11) is 0. The quantitative estimate of drug-likeness (QED) is 0.904. The topological polar surface area (TPSA) is 50.4 Å². The van der Waals surface area contributed by atoms with E-state index in [1.54, 1.807) is 0 Å². The van der Waals surface area contributed by atoms with Crippen LogP contribution in [0.4, 0.5) is 0 Å². The van der Waals surface area contributed by atoms with Gasteiger partial charge < -0.3 is 15.4 Å². The molecule has 2 unspecified atom stereocenters. The number of fused-ring (bicyclic) bond motifs is 1. The molecule has 4 nitrogen and oxygen atoms in total. The van der Waals surface area contributed by atoms with Crippen LogP contribution < -0.4 is 15.4 Å². The molecule has 1 fully saturated rings. The van der Waals surface area contributed by atoms with Gasteiger partial charge in [0.25, 0.3) is 5.91 Å². The summed E-state index contributed by atoms with van der Waals surface area (Å²) in [6.07, 6.45) is 1.95. The zero-order valence-electron chi connectivity index (χ0n) is 13.2. The maximum atomic E-state index is 12.0. The van der Waals surface area contributed by atoms with Crippen LogP contribution in [0.25, 0.3) is 10.8 Å². The van der Waals surface area contributed by atoms with Crippen LogP contribution in [-0.4, -0.2) is 31.1 Å². The predicted molar refractivity (Wildman–Crippen MR) is 95.3 cm³/mol. The molecule has 2 aromatic carbocycles. The van der Waals surface area contributed by atoms with E-state index in [0.717, 1.165) is 30.5 Å². The summed E-state index contributed by atoms with van der Waals surface area (Å²) in [4.78, 5) is 12.0. The standard InChI is InChI=1S/C18H22N2O2.ClH/c1-13-10-16(8-9-19-13)20-18(21)12-22-17-7-6-14-4-2-3-5-15(14)11-17;/h2-7,11,13,16,19H,8-10,12H2,1H3,(H,20,21);1H. The molecule has 0 bridgehead atoms. The van der Waals surface area contributed by atoms with Gasteiger partial charge in [0.05, 0.1) is 0 Å². The Hall–Kier alpha value is -1.78. The van der Waals surface area contributed by atoms with Gasteiger partial charge >= 0.3 is 0 Å². The molecule has 1 aliphatic rings. The summed E-state index contributed by atoms with van der Waals surface area (Å²) in [6, 6.07) is 14.7. The minimum atomic E-state index is -0.0488. The first-order valence-corrected chi connectivity index (χ1v) is 7.85. The van der Waals surface area contributed by atoms with Gasteiger partial charge in [-0.15, -0.1) is 12.4 Å². The zero-order chi connectivity index (χ0) is 15.4. The highest BCUT2D eigenvalue weighted by atomic mass is 35.5. The average Bonchev–Trinajstić information content (AvgIpc) is 2.53. The fraction of sp³-hybridized carbons (Fsp3) is 0.389. The Labute approximate surface area is 143 Å². The Balaban J connectivity index is 0.00000192. The lowest BCUT2D eigenvalue weighted by Gasteiger charge is -2.28. The number of hydrogen-bond donors (Lipinski definition) is 2. The first-order chi connectivity index (χ1) is 10.7. The first-order valence-electron chi connectivity index (χ1n) is 7.85. The van der Waals surface area contributed by atoms with Crippen molar-refractivity contribution in [3.63, 3.8) is 0 Å².